The van der Waals surface area contributed by atoms with Crippen LogP contribution < -0.4 is 5.32 Å². The van der Waals surface area contributed by atoms with E-state index in [1.54, 1.807) is 12.1 Å². The van der Waals surface area contributed by atoms with Gasteiger partial charge in [0.25, 0.3) is 0 Å². The van der Waals surface area contributed by atoms with Gasteiger partial charge in [-0.15, -0.1) is 0 Å². The lowest BCUT2D eigenvalue weighted by Crippen LogP contribution is -2.33. The second-order valence-corrected chi connectivity index (χ2v) is 5.76. The number of hydrogen-bond acceptors (Lipinski definition) is 2. The third-order valence-corrected chi connectivity index (χ3v) is 3.70. The molecule has 122 valence electrons. The van der Waals surface area contributed by atoms with Gasteiger partial charge in [-0.1, -0.05) is 42.5 Å². The third-order valence-electron chi connectivity index (χ3n) is 3.70. The maximum absolute atomic E-state index is 13.1. The summed E-state index contributed by atoms with van der Waals surface area (Å²) in [6.45, 7) is 1.87. The second kappa shape index (κ2) is 8.44. The van der Waals surface area contributed by atoms with Gasteiger partial charge in [-0.3, -0.25) is 4.79 Å². The van der Waals surface area contributed by atoms with E-state index in [9.17, 15) is 14.3 Å². The lowest BCUT2D eigenvalue weighted by molar-refractivity contribution is -0.121. The predicted molar refractivity (Wildman–Crippen MR) is 88.3 cm³/mol. The molecule has 0 saturated heterocycles. The zero-order valence-corrected chi connectivity index (χ0v) is 13.2. The standard InChI is InChI=1S/C19H22FNO2/c1-14(12-18(22)16-7-3-2-4-8-16)21-19(23)11-10-15-6-5-9-17(20)13-15/h2-9,13-14,18,22H,10-12H2,1H3,(H,21,23). The van der Waals surface area contributed by atoms with Crippen LogP contribution >= 0.6 is 0 Å². The molecular formula is C19H22FNO2. The molecule has 0 saturated carbocycles. The minimum Gasteiger partial charge on any atom is -0.388 e. The van der Waals surface area contributed by atoms with Crippen LogP contribution in [0.2, 0.25) is 0 Å². The molecule has 2 atom stereocenters. The van der Waals surface area contributed by atoms with E-state index in [2.05, 4.69) is 5.32 Å². The summed E-state index contributed by atoms with van der Waals surface area (Å²) >= 11 is 0. The Morgan fingerprint density at radius 2 is 1.91 bits per heavy atom. The van der Waals surface area contributed by atoms with Crippen LogP contribution in [0.25, 0.3) is 0 Å². The van der Waals surface area contributed by atoms with Gasteiger partial charge in [-0.05, 0) is 43.0 Å². The van der Waals surface area contributed by atoms with Crippen LogP contribution in [0.1, 0.15) is 37.0 Å². The highest BCUT2D eigenvalue weighted by molar-refractivity contribution is 5.76. The van der Waals surface area contributed by atoms with Gasteiger partial charge >= 0.3 is 0 Å². The summed E-state index contributed by atoms with van der Waals surface area (Å²) in [6.07, 6.45) is 0.650. The van der Waals surface area contributed by atoms with Crippen LogP contribution in [0.3, 0.4) is 0 Å². The number of carbonyl (C=O) groups excluding carboxylic acids is 1. The van der Waals surface area contributed by atoms with Gasteiger partial charge in [0.05, 0.1) is 6.10 Å². The van der Waals surface area contributed by atoms with E-state index >= 15 is 0 Å². The van der Waals surface area contributed by atoms with Gasteiger partial charge in [-0.25, -0.2) is 4.39 Å². The average molecular weight is 315 g/mol. The van der Waals surface area contributed by atoms with Gasteiger partial charge in [0, 0.05) is 12.5 Å². The highest BCUT2D eigenvalue weighted by Gasteiger charge is 2.14. The van der Waals surface area contributed by atoms with Gasteiger partial charge in [-0.2, -0.15) is 0 Å². The van der Waals surface area contributed by atoms with E-state index in [1.807, 2.05) is 37.3 Å². The summed E-state index contributed by atoms with van der Waals surface area (Å²) in [5.41, 5.74) is 1.64. The fourth-order valence-corrected chi connectivity index (χ4v) is 2.50. The lowest BCUT2D eigenvalue weighted by Gasteiger charge is -2.18. The third kappa shape index (κ3) is 5.83. The minimum atomic E-state index is -0.602. The number of benzene rings is 2. The van der Waals surface area contributed by atoms with Crippen LogP contribution in [0, 0.1) is 5.82 Å². The molecule has 0 fully saturated rings. The largest absolute Gasteiger partial charge is 0.388 e. The molecule has 23 heavy (non-hydrogen) atoms. The number of nitrogens with one attached hydrogen (secondary N) is 1. The molecule has 2 aromatic carbocycles. The van der Waals surface area contributed by atoms with Crippen LogP contribution in [-0.2, 0) is 11.2 Å². The fraction of sp³-hybridized carbons (Fsp3) is 0.316. The molecule has 2 rings (SSSR count). The average Bonchev–Trinajstić information content (AvgIpc) is 2.53. The first-order valence-corrected chi connectivity index (χ1v) is 7.81. The number of hydrogen-bond donors (Lipinski definition) is 2. The monoisotopic (exact) mass is 315 g/mol. The minimum absolute atomic E-state index is 0.0953. The first-order chi connectivity index (χ1) is 11.0. The van der Waals surface area contributed by atoms with Gasteiger partial charge in [0.15, 0.2) is 0 Å². The van der Waals surface area contributed by atoms with E-state index in [0.717, 1.165) is 11.1 Å². The van der Waals surface area contributed by atoms with E-state index in [0.29, 0.717) is 19.3 Å². The van der Waals surface area contributed by atoms with Crippen molar-refractivity contribution in [2.75, 3.05) is 0 Å². The molecule has 4 heteroatoms. The lowest BCUT2D eigenvalue weighted by atomic mass is 10.0. The maximum Gasteiger partial charge on any atom is 0.220 e. The fourth-order valence-electron chi connectivity index (χ4n) is 2.50. The number of aryl methyl sites for hydroxylation is 1. The molecule has 2 unspecified atom stereocenters. The van der Waals surface area contributed by atoms with Crippen molar-refractivity contribution in [2.24, 2.45) is 0 Å². The molecule has 0 aliphatic heterocycles. The molecule has 0 heterocycles. The Morgan fingerprint density at radius 3 is 2.61 bits per heavy atom. The van der Waals surface area contributed by atoms with Crippen molar-refractivity contribution in [3.63, 3.8) is 0 Å². The number of aliphatic hydroxyl groups is 1. The molecule has 0 aromatic heterocycles. The van der Waals surface area contributed by atoms with Gasteiger partial charge in [0.1, 0.15) is 5.82 Å². The smallest absolute Gasteiger partial charge is 0.220 e. The van der Waals surface area contributed by atoms with E-state index in [4.69, 9.17) is 0 Å². The topological polar surface area (TPSA) is 49.3 Å². The van der Waals surface area contributed by atoms with Gasteiger partial charge in [0.2, 0.25) is 5.91 Å². The summed E-state index contributed by atoms with van der Waals surface area (Å²) in [5, 5.41) is 13.0. The number of halogens is 1. The molecule has 3 nitrogen and oxygen atoms in total. The Bertz CT molecular complexity index is 630. The maximum atomic E-state index is 13.1. The molecule has 2 aromatic rings. The van der Waals surface area contributed by atoms with Crippen LogP contribution in [0.15, 0.2) is 54.6 Å². The summed E-state index contributed by atoms with van der Waals surface area (Å²) in [4.78, 5) is 11.9. The summed E-state index contributed by atoms with van der Waals surface area (Å²) in [7, 11) is 0. The Kier molecular flexibility index (Phi) is 6.29. The molecule has 0 radical (unpaired) electrons. The molecule has 0 bridgehead atoms. The highest BCUT2D eigenvalue weighted by Crippen LogP contribution is 2.17. The molecular weight excluding hydrogens is 293 g/mol. The molecule has 2 N–H and O–H groups in total. The molecule has 1 amide bonds. The van der Waals surface area contributed by atoms with Crippen molar-refractivity contribution < 1.29 is 14.3 Å². The Hall–Kier alpha value is -2.20. The van der Waals surface area contributed by atoms with Crippen LogP contribution in [0.4, 0.5) is 4.39 Å². The number of carbonyl (C=O) groups is 1. The van der Waals surface area contributed by atoms with E-state index in [1.165, 1.54) is 12.1 Å². The highest BCUT2D eigenvalue weighted by atomic mass is 19.1. The Balaban J connectivity index is 1.76. The van der Waals surface area contributed by atoms with E-state index < -0.39 is 6.10 Å². The number of amides is 1. The normalized spacial score (nSPS) is 13.3. The van der Waals surface area contributed by atoms with Crippen LogP contribution in [-0.4, -0.2) is 17.1 Å². The molecule has 0 aliphatic carbocycles. The first-order valence-electron chi connectivity index (χ1n) is 7.81. The van der Waals surface area contributed by atoms with Crippen molar-refractivity contribution in [3.8, 4) is 0 Å². The zero-order chi connectivity index (χ0) is 16.7. The van der Waals surface area contributed by atoms with Crippen molar-refractivity contribution in [3.05, 3.63) is 71.5 Å². The second-order valence-electron chi connectivity index (χ2n) is 5.76. The van der Waals surface area contributed by atoms with E-state index in [-0.39, 0.29) is 17.8 Å². The predicted octanol–water partition coefficient (Wildman–Crippen LogP) is 3.39. The van der Waals surface area contributed by atoms with Crippen molar-refractivity contribution in [1.82, 2.24) is 5.32 Å². The number of rotatable bonds is 7. The van der Waals surface area contributed by atoms with Crippen LogP contribution in [0.5, 0.6) is 0 Å². The quantitative estimate of drug-likeness (QED) is 0.823. The summed E-state index contributed by atoms with van der Waals surface area (Å²) < 4.78 is 13.1. The molecule has 0 aliphatic rings. The van der Waals surface area contributed by atoms with Crippen molar-refractivity contribution in [1.29, 1.82) is 0 Å². The van der Waals surface area contributed by atoms with Gasteiger partial charge < -0.3 is 10.4 Å². The molecule has 0 spiro atoms. The summed E-state index contributed by atoms with van der Waals surface area (Å²) in [6, 6.07) is 15.5. The van der Waals surface area contributed by atoms with Crippen molar-refractivity contribution >= 4 is 5.91 Å². The Morgan fingerprint density at radius 1 is 1.17 bits per heavy atom. The van der Waals surface area contributed by atoms with Crippen molar-refractivity contribution in [2.45, 2.75) is 38.3 Å². The zero-order valence-electron chi connectivity index (χ0n) is 13.2. The Labute approximate surface area is 136 Å². The first kappa shape index (κ1) is 17.2. The number of aliphatic hydroxyl groups excluding tert-OH is 1. The summed E-state index contributed by atoms with van der Waals surface area (Å²) in [5.74, 6) is -0.385. The SMILES string of the molecule is CC(CC(O)c1ccccc1)NC(=O)CCc1cccc(F)c1.